The number of methoxy groups -OCH3 is 1. The molecule has 164 valence electrons. The lowest BCUT2D eigenvalue weighted by atomic mass is 10.2. The molecule has 1 aromatic carbocycles. The van der Waals surface area contributed by atoms with Gasteiger partial charge in [-0.2, -0.15) is 5.10 Å². The van der Waals surface area contributed by atoms with Crippen molar-refractivity contribution < 1.29 is 19.1 Å². The number of anilines is 1. The van der Waals surface area contributed by atoms with Crippen LogP contribution in [0.3, 0.4) is 0 Å². The molecule has 2 amide bonds. The van der Waals surface area contributed by atoms with E-state index < -0.39 is 5.97 Å². The lowest BCUT2D eigenvalue weighted by molar-refractivity contribution is -0.113. The molecular formula is C21H20N6O4S. The third kappa shape index (κ3) is 5.49. The molecule has 0 aliphatic heterocycles. The summed E-state index contributed by atoms with van der Waals surface area (Å²) in [5, 5.41) is 10.5. The number of carbonyl (C=O) groups excluding carboxylic acids is 3. The lowest BCUT2D eigenvalue weighted by Crippen LogP contribution is -2.25. The maximum absolute atomic E-state index is 12.3. The van der Waals surface area contributed by atoms with Crippen LogP contribution in [0.25, 0.3) is 5.82 Å². The smallest absolute Gasteiger partial charge is 0.337 e. The van der Waals surface area contributed by atoms with E-state index in [4.69, 9.17) is 0 Å². The van der Waals surface area contributed by atoms with Crippen molar-refractivity contribution in [1.82, 2.24) is 25.1 Å². The number of rotatable bonds is 8. The van der Waals surface area contributed by atoms with Gasteiger partial charge in [-0.1, -0.05) is 11.8 Å². The average molecular weight is 452 g/mol. The first-order chi connectivity index (χ1) is 15.5. The summed E-state index contributed by atoms with van der Waals surface area (Å²) in [7, 11) is 1.31. The van der Waals surface area contributed by atoms with Crippen molar-refractivity contribution in [2.75, 3.05) is 18.2 Å². The van der Waals surface area contributed by atoms with Crippen LogP contribution in [0.5, 0.6) is 0 Å². The first-order valence-corrected chi connectivity index (χ1v) is 10.8. The molecule has 0 radical (unpaired) electrons. The fourth-order valence-electron chi connectivity index (χ4n) is 2.74. The summed E-state index contributed by atoms with van der Waals surface area (Å²) in [6.07, 6.45) is 5.05. The van der Waals surface area contributed by atoms with E-state index in [9.17, 15) is 14.4 Å². The molecule has 0 atom stereocenters. The number of ether oxygens (including phenoxy) is 1. The zero-order chi connectivity index (χ0) is 22.5. The van der Waals surface area contributed by atoms with Gasteiger partial charge in [-0.15, -0.1) is 0 Å². The molecule has 0 spiro atoms. The van der Waals surface area contributed by atoms with E-state index in [-0.39, 0.29) is 23.6 Å². The molecule has 32 heavy (non-hydrogen) atoms. The molecule has 2 N–H and O–H groups in total. The zero-order valence-corrected chi connectivity index (χ0v) is 18.0. The molecule has 0 saturated heterocycles. The zero-order valence-electron chi connectivity index (χ0n) is 17.1. The average Bonchev–Trinajstić information content (AvgIpc) is 3.48. The van der Waals surface area contributed by atoms with Gasteiger partial charge >= 0.3 is 5.97 Å². The van der Waals surface area contributed by atoms with Crippen LogP contribution in [0.4, 0.5) is 5.69 Å². The van der Waals surface area contributed by atoms with Crippen molar-refractivity contribution in [1.29, 1.82) is 0 Å². The Bertz CT molecular complexity index is 1140. The first kappa shape index (κ1) is 21.5. The predicted octanol–water partition coefficient (Wildman–Crippen LogP) is 2.07. The van der Waals surface area contributed by atoms with Crippen LogP contribution in [0, 0.1) is 0 Å². The van der Waals surface area contributed by atoms with Gasteiger partial charge in [0.1, 0.15) is 11.4 Å². The van der Waals surface area contributed by atoms with Gasteiger partial charge in [0.15, 0.2) is 11.5 Å². The van der Waals surface area contributed by atoms with Gasteiger partial charge in [0, 0.05) is 24.0 Å². The minimum Gasteiger partial charge on any atom is -0.465 e. The molecule has 1 saturated carbocycles. The Morgan fingerprint density at radius 1 is 1.16 bits per heavy atom. The van der Waals surface area contributed by atoms with E-state index in [0.717, 1.165) is 12.8 Å². The highest BCUT2D eigenvalue weighted by Crippen LogP contribution is 2.20. The topological polar surface area (TPSA) is 128 Å². The summed E-state index contributed by atoms with van der Waals surface area (Å²) in [4.78, 5) is 44.2. The molecular weight excluding hydrogens is 432 g/mol. The van der Waals surface area contributed by atoms with Crippen LogP contribution in [-0.4, -0.2) is 56.4 Å². The Labute approximate surface area is 187 Å². The third-order valence-electron chi connectivity index (χ3n) is 4.54. The molecule has 0 unspecified atom stereocenters. The summed E-state index contributed by atoms with van der Waals surface area (Å²) in [5.41, 5.74) is 1.29. The quantitative estimate of drug-likeness (QED) is 0.302. The second-order valence-corrected chi connectivity index (χ2v) is 8.01. The van der Waals surface area contributed by atoms with Gasteiger partial charge in [0.2, 0.25) is 5.91 Å². The summed E-state index contributed by atoms with van der Waals surface area (Å²) in [5.74, 6) is -0.244. The molecule has 4 rings (SSSR count). The molecule has 11 heteroatoms. The van der Waals surface area contributed by atoms with Gasteiger partial charge in [0.05, 0.1) is 18.4 Å². The van der Waals surface area contributed by atoms with Gasteiger partial charge in [0.25, 0.3) is 5.91 Å². The molecule has 2 aromatic heterocycles. The Morgan fingerprint density at radius 3 is 2.66 bits per heavy atom. The highest BCUT2D eigenvalue weighted by atomic mass is 32.2. The number of aromatic nitrogens is 4. The second-order valence-electron chi connectivity index (χ2n) is 7.01. The van der Waals surface area contributed by atoms with Crippen LogP contribution in [-0.2, 0) is 9.53 Å². The number of nitrogens with one attached hydrogen (secondary N) is 2. The van der Waals surface area contributed by atoms with Crippen LogP contribution in [0.1, 0.15) is 33.7 Å². The third-order valence-corrected chi connectivity index (χ3v) is 5.46. The number of hydrogen-bond donors (Lipinski definition) is 2. The van der Waals surface area contributed by atoms with E-state index >= 15 is 0 Å². The standard InChI is InChI=1S/C21H20N6O4S/c1-31-21(30)13-2-4-14(5-3-13)24-18(28)11-32-19-10-17(22-12-23-19)27-9-8-16(26-27)20(29)25-15-6-7-15/h2-5,8-10,12,15H,6-7,11H2,1H3,(H,24,28)(H,25,29). The van der Waals surface area contributed by atoms with Crippen LogP contribution >= 0.6 is 11.8 Å². The monoisotopic (exact) mass is 452 g/mol. The molecule has 3 aromatic rings. The van der Waals surface area contributed by atoms with Crippen LogP contribution in [0.15, 0.2) is 53.9 Å². The lowest BCUT2D eigenvalue weighted by Gasteiger charge is -2.06. The molecule has 1 aliphatic rings. The Balaban J connectivity index is 1.33. The van der Waals surface area contributed by atoms with E-state index in [1.165, 1.54) is 29.9 Å². The van der Waals surface area contributed by atoms with Gasteiger partial charge in [-0.25, -0.2) is 19.4 Å². The summed E-state index contributed by atoms with van der Waals surface area (Å²) >= 11 is 1.24. The largest absolute Gasteiger partial charge is 0.465 e. The number of nitrogens with zero attached hydrogens (tertiary/aromatic N) is 4. The number of thioether (sulfide) groups is 1. The summed E-state index contributed by atoms with van der Waals surface area (Å²) in [6.45, 7) is 0. The van der Waals surface area contributed by atoms with Gasteiger partial charge in [-0.3, -0.25) is 9.59 Å². The normalized spacial score (nSPS) is 12.8. The number of esters is 1. The highest BCUT2D eigenvalue weighted by molar-refractivity contribution is 7.99. The summed E-state index contributed by atoms with van der Waals surface area (Å²) in [6, 6.07) is 10.00. The molecule has 0 bridgehead atoms. The minimum absolute atomic E-state index is 0.128. The van der Waals surface area contributed by atoms with E-state index in [2.05, 4.69) is 30.4 Å². The maximum Gasteiger partial charge on any atom is 0.337 e. The highest BCUT2D eigenvalue weighted by Gasteiger charge is 2.24. The second kappa shape index (κ2) is 9.60. The predicted molar refractivity (Wildman–Crippen MR) is 117 cm³/mol. The van der Waals surface area contributed by atoms with Crippen molar-refractivity contribution >= 4 is 35.2 Å². The molecule has 2 heterocycles. The van der Waals surface area contributed by atoms with E-state index in [1.807, 2.05) is 0 Å². The molecule has 1 fully saturated rings. The fraction of sp³-hybridized carbons (Fsp3) is 0.238. The van der Waals surface area contributed by atoms with Crippen molar-refractivity contribution in [2.45, 2.75) is 23.9 Å². The minimum atomic E-state index is -0.439. The number of hydrogen-bond acceptors (Lipinski definition) is 8. The number of amides is 2. The Hall–Kier alpha value is -3.73. The maximum atomic E-state index is 12.3. The number of benzene rings is 1. The van der Waals surface area contributed by atoms with Crippen molar-refractivity contribution in [2.24, 2.45) is 0 Å². The molecule has 1 aliphatic carbocycles. The first-order valence-electron chi connectivity index (χ1n) is 9.82. The van der Waals surface area contributed by atoms with Crippen molar-refractivity contribution in [3.8, 4) is 5.82 Å². The van der Waals surface area contributed by atoms with Crippen molar-refractivity contribution in [3.63, 3.8) is 0 Å². The SMILES string of the molecule is COC(=O)c1ccc(NC(=O)CSc2cc(-n3ccc(C(=O)NC4CC4)n3)ncn2)cc1. The summed E-state index contributed by atoms with van der Waals surface area (Å²) < 4.78 is 6.15. The van der Waals surface area contributed by atoms with Gasteiger partial charge in [-0.05, 0) is 43.2 Å². The van der Waals surface area contributed by atoms with Crippen molar-refractivity contribution in [3.05, 3.63) is 60.2 Å². The van der Waals surface area contributed by atoms with E-state index in [1.54, 1.807) is 42.6 Å². The Morgan fingerprint density at radius 2 is 1.94 bits per heavy atom. The van der Waals surface area contributed by atoms with Gasteiger partial charge < -0.3 is 15.4 Å². The number of carbonyl (C=O) groups is 3. The molecule has 10 nitrogen and oxygen atoms in total. The fourth-order valence-corrected chi connectivity index (χ4v) is 3.40. The van der Waals surface area contributed by atoms with E-state index in [0.29, 0.717) is 27.8 Å². The van der Waals surface area contributed by atoms with Crippen LogP contribution in [0.2, 0.25) is 0 Å². The Kier molecular flexibility index (Phi) is 6.45. The van der Waals surface area contributed by atoms with Crippen LogP contribution < -0.4 is 10.6 Å².